The molecule has 3 aromatic carbocycles. The fraction of sp³-hybridized carbons (Fsp3) is 0.130. The molecular formula is C23H20ClFN4O5S. The Morgan fingerprint density at radius 1 is 1.03 bits per heavy atom. The van der Waals surface area contributed by atoms with Gasteiger partial charge in [-0.15, -0.1) is 5.10 Å². The zero-order chi connectivity index (χ0) is 25.5. The van der Waals surface area contributed by atoms with E-state index in [1.165, 1.54) is 23.7 Å². The standard InChI is InChI=1S/C23H20ClFN4O5S/c1-13-6-3-4-9-18(13)29-22(26-27-23(29)32)14-10-21(20(31)11-19(14)30)35(33,34)28(2)12-15-16(24)7-5-8-17(15)25/h3-11,30-31H,12H2,1-2H3,(H,27,32). The van der Waals surface area contributed by atoms with Gasteiger partial charge < -0.3 is 15.3 Å². The summed E-state index contributed by atoms with van der Waals surface area (Å²) in [6.07, 6.45) is 0. The Morgan fingerprint density at radius 2 is 1.74 bits per heavy atom. The maximum Gasteiger partial charge on any atom is 0.319 e. The van der Waals surface area contributed by atoms with Crippen LogP contribution in [0.25, 0.3) is 17.1 Å². The summed E-state index contributed by atoms with van der Waals surface area (Å²) in [6, 6.07) is 12.3. The number of aryl methyl sites for hydroxylation is 1. The molecule has 0 unspecified atom stereocenters. The van der Waals surface area contributed by atoms with Crippen LogP contribution in [-0.4, -0.2) is 49.9 Å². The minimum atomic E-state index is -4.40. The van der Waals surface area contributed by atoms with Crippen LogP contribution in [0.3, 0.4) is 0 Å². The van der Waals surface area contributed by atoms with Crippen LogP contribution in [0.5, 0.6) is 17.5 Å². The van der Waals surface area contributed by atoms with Crippen LogP contribution >= 0.6 is 11.6 Å². The van der Waals surface area contributed by atoms with E-state index >= 15 is 0 Å². The van der Waals surface area contributed by atoms with Crippen LogP contribution < -0.4 is 0 Å². The summed E-state index contributed by atoms with van der Waals surface area (Å²) < 4.78 is 42.9. The van der Waals surface area contributed by atoms with E-state index in [1.54, 1.807) is 31.2 Å². The molecule has 12 heteroatoms. The van der Waals surface area contributed by atoms with Gasteiger partial charge in [-0.1, -0.05) is 41.0 Å². The molecule has 35 heavy (non-hydrogen) atoms. The van der Waals surface area contributed by atoms with Crippen molar-refractivity contribution in [2.75, 3.05) is 7.05 Å². The molecular weight excluding hydrogens is 499 g/mol. The van der Waals surface area contributed by atoms with Crippen molar-refractivity contribution in [3.05, 3.63) is 76.6 Å². The molecule has 0 aliphatic carbocycles. The number of hydrogen-bond acceptors (Lipinski definition) is 7. The van der Waals surface area contributed by atoms with Crippen LogP contribution in [-0.2, 0) is 16.6 Å². The maximum absolute atomic E-state index is 14.2. The maximum atomic E-state index is 14.2. The van der Waals surface area contributed by atoms with Crippen LogP contribution in [0.15, 0.2) is 59.5 Å². The largest absolute Gasteiger partial charge is 0.507 e. The summed E-state index contributed by atoms with van der Waals surface area (Å²) in [7, 11) is -3.20. The number of aromatic nitrogens is 3. The van der Waals surface area contributed by atoms with Crippen LogP contribution in [0.1, 0.15) is 11.1 Å². The first kappa shape index (κ1) is 24.5. The molecule has 0 fully saturated rings. The summed E-state index contributed by atoms with van der Waals surface area (Å²) in [5.41, 5.74) is 1.09. The van der Waals surface area contributed by atoms with E-state index in [1.807, 2.05) is 0 Å². The predicted octanol–water partition coefficient (Wildman–Crippen LogP) is 3.97. The molecule has 4 rings (SSSR count). The molecule has 0 spiro atoms. The lowest BCUT2D eigenvalue weighted by molar-refractivity contribution is 0.420. The number of nitrogens with zero attached hydrogens (tertiary/aromatic N) is 4. The average Bonchev–Trinajstić information content (AvgIpc) is 3.17. The van der Waals surface area contributed by atoms with E-state index in [0.29, 0.717) is 5.69 Å². The van der Waals surface area contributed by atoms with Crippen molar-refractivity contribution in [3.8, 4) is 34.6 Å². The molecule has 4 aromatic rings. The molecule has 0 aliphatic heterocycles. The molecule has 1 heterocycles. The summed E-state index contributed by atoms with van der Waals surface area (Å²) >= 11 is 6.03. The van der Waals surface area contributed by atoms with Gasteiger partial charge >= 0.3 is 6.01 Å². The van der Waals surface area contributed by atoms with Crippen LogP contribution in [0.2, 0.25) is 5.02 Å². The van der Waals surface area contributed by atoms with Gasteiger partial charge in [0, 0.05) is 30.2 Å². The molecule has 0 bridgehead atoms. The third-order valence-electron chi connectivity index (χ3n) is 5.45. The number of hydrogen-bond donors (Lipinski definition) is 3. The van der Waals surface area contributed by atoms with Gasteiger partial charge in [-0.05, 0) is 36.8 Å². The first-order valence-electron chi connectivity index (χ1n) is 10.2. The van der Waals surface area contributed by atoms with Crippen molar-refractivity contribution < 1.29 is 28.1 Å². The molecule has 0 saturated carbocycles. The number of benzene rings is 3. The Labute approximate surface area is 205 Å². The number of sulfonamides is 1. The Hall–Kier alpha value is -3.67. The average molecular weight is 519 g/mol. The Kier molecular flexibility index (Phi) is 6.41. The zero-order valence-corrected chi connectivity index (χ0v) is 20.1. The topological polar surface area (TPSA) is 129 Å². The Balaban J connectivity index is 1.82. The number of phenolic OH excluding ortho intramolecular Hbond substituents is 2. The van der Waals surface area contributed by atoms with Crippen molar-refractivity contribution in [3.63, 3.8) is 0 Å². The normalized spacial score (nSPS) is 11.8. The summed E-state index contributed by atoms with van der Waals surface area (Å²) in [5.74, 6) is -1.98. The third-order valence-corrected chi connectivity index (χ3v) is 7.64. The first-order valence-corrected chi connectivity index (χ1v) is 12.0. The highest BCUT2D eigenvalue weighted by Crippen LogP contribution is 2.39. The molecule has 0 saturated heterocycles. The van der Waals surface area contributed by atoms with Crippen molar-refractivity contribution in [1.82, 2.24) is 19.1 Å². The van der Waals surface area contributed by atoms with Gasteiger partial charge in [0.2, 0.25) is 10.0 Å². The zero-order valence-electron chi connectivity index (χ0n) is 18.5. The molecule has 9 nitrogen and oxygen atoms in total. The minimum Gasteiger partial charge on any atom is -0.507 e. The van der Waals surface area contributed by atoms with Gasteiger partial charge in [0.05, 0.1) is 11.3 Å². The molecule has 0 aliphatic rings. The second-order valence-corrected chi connectivity index (χ2v) is 10.2. The van der Waals surface area contributed by atoms with Gasteiger partial charge in [0.25, 0.3) is 0 Å². The molecule has 1 aromatic heterocycles. The van der Waals surface area contributed by atoms with Gasteiger partial charge in [0.15, 0.2) is 5.82 Å². The van der Waals surface area contributed by atoms with E-state index in [0.717, 1.165) is 28.1 Å². The van der Waals surface area contributed by atoms with Gasteiger partial charge in [-0.3, -0.25) is 0 Å². The minimum absolute atomic E-state index is 0.0389. The number of rotatable bonds is 6. The highest BCUT2D eigenvalue weighted by atomic mass is 35.5. The van der Waals surface area contributed by atoms with E-state index < -0.39 is 44.8 Å². The summed E-state index contributed by atoms with van der Waals surface area (Å²) in [6.45, 7) is 1.37. The fourth-order valence-corrected chi connectivity index (χ4v) is 5.04. The van der Waals surface area contributed by atoms with Crippen LogP contribution in [0.4, 0.5) is 4.39 Å². The van der Waals surface area contributed by atoms with Crippen molar-refractivity contribution in [2.24, 2.45) is 0 Å². The van der Waals surface area contributed by atoms with Gasteiger partial charge in [-0.2, -0.15) is 4.31 Å². The molecule has 0 atom stereocenters. The quantitative estimate of drug-likeness (QED) is 0.352. The summed E-state index contributed by atoms with van der Waals surface area (Å²) in [4.78, 5) is -0.570. The smallest absolute Gasteiger partial charge is 0.319 e. The monoisotopic (exact) mass is 518 g/mol. The number of halogens is 2. The molecule has 0 amide bonds. The van der Waals surface area contributed by atoms with Gasteiger partial charge in [0.1, 0.15) is 22.2 Å². The predicted molar refractivity (Wildman–Crippen MR) is 127 cm³/mol. The van der Waals surface area contributed by atoms with Crippen molar-refractivity contribution in [1.29, 1.82) is 0 Å². The van der Waals surface area contributed by atoms with E-state index in [2.05, 4.69) is 10.2 Å². The Bertz CT molecular complexity index is 1520. The lowest BCUT2D eigenvalue weighted by atomic mass is 10.1. The van der Waals surface area contributed by atoms with Gasteiger partial charge in [-0.25, -0.2) is 17.4 Å². The second-order valence-electron chi connectivity index (χ2n) is 7.74. The summed E-state index contributed by atoms with van der Waals surface area (Å²) in [5, 5.41) is 38.9. The first-order chi connectivity index (χ1) is 16.5. The number of para-hydroxylation sites is 1. The molecule has 0 radical (unpaired) electrons. The van der Waals surface area contributed by atoms with Crippen molar-refractivity contribution >= 4 is 21.6 Å². The third kappa shape index (κ3) is 4.41. The lowest BCUT2D eigenvalue weighted by Gasteiger charge is -2.20. The SMILES string of the molecule is Cc1ccccc1-n1c(O)nnc1-c1cc(S(=O)(=O)N(C)Cc2c(F)cccc2Cl)c(O)cc1O. The van der Waals surface area contributed by atoms with E-state index in [-0.39, 0.29) is 22.0 Å². The fourth-order valence-electron chi connectivity index (χ4n) is 3.59. The molecule has 182 valence electrons. The van der Waals surface area contributed by atoms with E-state index in [4.69, 9.17) is 11.6 Å². The molecule has 3 N–H and O–H groups in total. The number of aromatic hydroxyl groups is 3. The highest BCUT2D eigenvalue weighted by molar-refractivity contribution is 7.89. The number of phenols is 2. The van der Waals surface area contributed by atoms with E-state index in [9.17, 15) is 28.1 Å². The van der Waals surface area contributed by atoms with Crippen molar-refractivity contribution in [2.45, 2.75) is 18.4 Å². The second kappa shape index (κ2) is 9.17. The lowest BCUT2D eigenvalue weighted by Crippen LogP contribution is -2.27. The Morgan fingerprint density at radius 3 is 2.43 bits per heavy atom. The van der Waals surface area contributed by atoms with Crippen LogP contribution in [0, 0.1) is 12.7 Å². The highest BCUT2D eigenvalue weighted by Gasteiger charge is 2.29.